The molecule has 4 nitrogen and oxygen atoms in total. The van der Waals surface area contributed by atoms with Gasteiger partial charge >= 0.3 is 0 Å². The smallest absolute Gasteiger partial charge is 0.173 e. The van der Waals surface area contributed by atoms with E-state index in [1.165, 1.54) is 0 Å². The quantitative estimate of drug-likeness (QED) is 0.712. The van der Waals surface area contributed by atoms with E-state index in [1.807, 2.05) is 11.9 Å². The fourth-order valence-electron chi connectivity index (χ4n) is 3.32. The minimum atomic E-state index is -0.337. The lowest BCUT2D eigenvalue weighted by Gasteiger charge is -2.39. The standard InChI is InChI=1S/C19H22Cl2N2O2S/c1-10(2)9-25-18-12(20)7-11(8-13(18)21)17-16-14(5-4-6-15(16)24)23(3)19(26)22-17/h7-8,10,17H,4-6,9H2,1-3H3,(H,22,26). The van der Waals surface area contributed by atoms with Crippen molar-refractivity contribution < 1.29 is 9.53 Å². The second kappa shape index (κ2) is 7.75. The van der Waals surface area contributed by atoms with E-state index in [2.05, 4.69) is 19.2 Å². The molecule has 0 saturated heterocycles. The fraction of sp³-hybridized carbons (Fsp3) is 0.474. The van der Waals surface area contributed by atoms with Gasteiger partial charge in [0.1, 0.15) is 0 Å². The fourth-order valence-corrected chi connectivity index (χ4v) is 4.16. The maximum Gasteiger partial charge on any atom is 0.173 e. The number of ether oxygens (including phenoxy) is 1. The van der Waals surface area contributed by atoms with Gasteiger partial charge in [-0.1, -0.05) is 37.0 Å². The Morgan fingerprint density at radius 1 is 1.31 bits per heavy atom. The van der Waals surface area contributed by atoms with Gasteiger partial charge in [0.05, 0.1) is 22.7 Å². The van der Waals surface area contributed by atoms with E-state index >= 15 is 0 Å². The van der Waals surface area contributed by atoms with Crippen LogP contribution < -0.4 is 10.1 Å². The Bertz CT molecular complexity index is 769. The number of carbonyl (C=O) groups is 1. The zero-order valence-corrected chi connectivity index (χ0v) is 17.4. The molecule has 0 fully saturated rings. The summed E-state index contributed by atoms with van der Waals surface area (Å²) in [4.78, 5) is 14.5. The average Bonchev–Trinajstić information content (AvgIpc) is 2.57. The highest BCUT2D eigenvalue weighted by Gasteiger charge is 2.36. The van der Waals surface area contributed by atoms with Crippen molar-refractivity contribution in [2.24, 2.45) is 5.92 Å². The SMILES string of the molecule is CC(C)COc1c(Cl)cc(C2NC(=S)N(C)C3=C2C(=O)CCC3)cc1Cl. The number of Topliss-reactive ketones (excluding diaryl/α,β-unsaturated/α-hetero) is 1. The van der Waals surface area contributed by atoms with Crippen LogP contribution in [0.3, 0.4) is 0 Å². The van der Waals surface area contributed by atoms with E-state index in [-0.39, 0.29) is 11.8 Å². The maximum atomic E-state index is 12.6. The predicted octanol–water partition coefficient (Wildman–Crippen LogP) is 4.90. The third kappa shape index (κ3) is 3.71. The van der Waals surface area contributed by atoms with Crippen LogP contribution in [0.2, 0.25) is 10.0 Å². The number of allylic oxidation sites excluding steroid dienone is 1. The molecule has 1 N–H and O–H groups in total. The number of thiocarbonyl (C=S) groups is 1. The maximum absolute atomic E-state index is 12.6. The summed E-state index contributed by atoms with van der Waals surface area (Å²) in [7, 11) is 1.89. The van der Waals surface area contributed by atoms with E-state index in [0.29, 0.717) is 39.9 Å². The summed E-state index contributed by atoms with van der Waals surface area (Å²) in [5.74, 6) is 0.984. The first-order chi connectivity index (χ1) is 12.3. The molecular formula is C19H22Cl2N2O2S. The van der Waals surface area contributed by atoms with Crippen molar-refractivity contribution >= 4 is 46.3 Å². The summed E-state index contributed by atoms with van der Waals surface area (Å²) < 4.78 is 5.74. The third-order valence-electron chi connectivity index (χ3n) is 4.61. The van der Waals surface area contributed by atoms with Crippen LogP contribution in [0.15, 0.2) is 23.4 Å². The Hall–Kier alpha value is -1.30. The zero-order chi connectivity index (χ0) is 19.0. The van der Waals surface area contributed by atoms with Crippen molar-refractivity contribution in [1.29, 1.82) is 0 Å². The molecule has 1 aliphatic heterocycles. The number of ketones is 1. The predicted molar refractivity (Wildman–Crippen MR) is 109 cm³/mol. The van der Waals surface area contributed by atoms with Gasteiger partial charge < -0.3 is 15.0 Å². The van der Waals surface area contributed by atoms with Crippen LogP contribution in [0.1, 0.15) is 44.7 Å². The topological polar surface area (TPSA) is 41.6 Å². The van der Waals surface area contributed by atoms with Crippen molar-refractivity contribution in [2.45, 2.75) is 39.2 Å². The third-order valence-corrected chi connectivity index (χ3v) is 5.56. The highest BCUT2D eigenvalue weighted by Crippen LogP contribution is 2.41. The summed E-state index contributed by atoms with van der Waals surface area (Å²) >= 11 is 18.3. The van der Waals surface area contributed by atoms with Gasteiger partial charge in [0.15, 0.2) is 16.6 Å². The number of halogens is 2. The Labute approximate surface area is 169 Å². The van der Waals surface area contributed by atoms with E-state index in [9.17, 15) is 4.79 Å². The minimum absolute atomic E-state index is 0.144. The Morgan fingerprint density at radius 2 is 1.96 bits per heavy atom. The van der Waals surface area contributed by atoms with Gasteiger partial charge in [0, 0.05) is 24.7 Å². The van der Waals surface area contributed by atoms with Crippen molar-refractivity contribution in [3.8, 4) is 5.75 Å². The second-order valence-electron chi connectivity index (χ2n) is 7.10. The van der Waals surface area contributed by atoms with Crippen LogP contribution in [0.4, 0.5) is 0 Å². The van der Waals surface area contributed by atoms with E-state index in [4.69, 9.17) is 40.2 Å². The van der Waals surface area contributed by atoms with Crippen LogP contribution in [0, 0.1) is 5.92 Å². The van der Waals surface area contributed by atoms with E-state index in [1.54, 1.807) is 12.1 Å². The lowest BCUT2D eigenvalue weighted by atomic mass is 9.85. The first-order valence-electron chi connectivity index (χ1n) is 8.71. The number of nitrogens with one attached hydrogen (secondary N) is 1. The molecule has 0 aromatic heterocycles. The van der Waals surface area contributed by atoms with Gasteiger partial charge in [-0.2, -0.15) is 0 Å². The number of carbonyl (C=O) groups excluding carboxylic acids is 1. The van der Waals surface area contributed by atoms with Gasteiger partial charge in [0.2, 0.25) is 0 Å². The number of rotatable bonds is 4. The van der Waals surface area contributed by atoms with Crippen molar-refractivity contribution in [3.63, 3.8) is 0 Å². The van der Waals surface area contributed by atoms with Crippen LogP contribution in [-0.2, 0) is 4.79 Å². The monoisotopic (exact) mass is 412 g/mol. The summed E-state index contributed by atoms with van der Waals surface area (Å²) in [6, 6.07) is 3.28. The minimum Gasteiger partial charge on any atom is -0.490 e. The molecule has 2 aliphatic rings. The van der Waals surface area contributed by atoms with E-state index in [0.717, 1.165) is 29.7 Å². The van der Waals surface area contributed by atoms with Crippen molar-refractivity contribution in [3.05, 3.63) is 39.0 Å². The average molecular weight is 413 g/mol. The molecule has 1 heterocycles. The summed E-state index contributed by atoms with van der Waals surface area (Å²) in [6.45, 7) is 4.65. The molecule has 7 heteroatoms. The van der Waals surface area contributed by atoms with Crippen molar-refractivity contribution in [1.82, 2.24) is 10.2 Å². The molecule has 0 radical (unpaired) electrons. The molecule has 1 atom stereocenters. The first-order valence-corrected chi connectivity index (χ1v) is 9.88. The number of hydrogen-bond donors (Lipinski definition) is 1. The molecule has 1 unspecified atom stereocenters. The molecule has 140 valence electrons. The number of nitrogens with zero attached hydrogens (tertiary/aromatic N) is 1. The Morgan fingerprint density at radius 3 is 2.58 bits per heavy atom. The van der Waals surface area contributed by atoms with Gasteiger partial charge in [-0.15, -0.1) is 0 Å². The molecule has 0 saturated carbocycles. The molecule has 1 aromatic rings. The Kier molecular flexibility index (Phi) is 5.80. The summed E-state index contributed by atoms with van der Waals surface area (Å²) in [5.41, 5.74) is 2.56. The number of benzene rings is 1. The van der Waals surface area contributed by atoms with Gasteiger partial charge in [-0.3, -0.25) is 4.79 Å². The molecule has 0 spiro atoms. The molecule has 26 heavy (non-hydrogen) atoms. The van der Waals surface area contributed by atoms with Gasteiger partial charge in [-0.25, -0.2) is 0 Å². The molecule has 1 aromatic carbocycles. The molecule has 1 aliphatic carbocycles. The number of hydrogen-bond acceptors (Lipinski definition) is 3. The molecule has 0 amide bonds. The highest BCUT2D eigenvalue weighted by atomic mass is 35.5. The summed E-state index contributed by atoms with van der Waals surface area (Å²) in [5, 5.41) is 4.72. The van der Waals surface area contributed by atoms with E-state index < -0.39 is 0 Å². The first kappa shape index (κ1) is 19.5. The van der Waals surface area contributed by atoms with Gasteiger partial charge in [0.25, 0.3) is 0 Å². The normalized spacial score (nSPS) is 20.4. The Balaban J connectivity index is 2.01. The van der Waals surface area contributed by atoms with Crippen LogP contribution in [0.25, 0.3) is 0 Å². The lowest BCUT2D eigenvalue weighted by Crippen LogP contribution is -2.47. The second-order valence-corrected chi connectivity index (χ2v) is 8.30. The largest absolute Gasteiger partial charge is 0.490 e. The zero-order valence-electron chi connectivity index (χ0n) is 15.1. The van der Waals surface area contributed by atoms with Crippen LogP contribution in [-0.4, -0.2) is 29.5 Å². The summed E-state index contributed by atoms with van der Waals surface area (Å²) in [6.07, 6.45) is 2.24. The van der Waals surface area contributed by atoms with Gasteiger partial charge in [-0.05, 0) is 48.7 Å². The lowest BCUT2D eigenvalue weighted by molar-refractivity contribution is -0.116. The molecule has 0 bridgehead atoms. The van der Waals surface area contributed by atoms with Crippen molar-refractivity contribution in [2.75, 3.05) is 13.7 Å². The molecular weight excluding hydrogens is 391 g/mol. The highest BCUT2D eigenvalue weighted by molar-refractivity contribution is 7.80. The molecule has 3 rings (SSSR count). The van der Waals surface area contributed by atoms with Crippen LogP contribution in [0.5, 0.6) is 5.75 Å². The van der Waals surface area contributed by atoms with Crippen LogP contribution >= 0.6 is 35.4 Å².